The van der Waals surface area contributed by atoms with Crippen molar-refractivity contribution in [3.05, 3.63) is 29.8 Å². The highest BCUT2D eigenvalue weighted by atomic mass is 16.5. The zero-order valence-corrected chi connectivity index (χ0v) is 12.7. The van der Waals surface area contributed by atoms with E-state index in [4.69, 9.17) is 4.74 Å². The highest BCUT2D eigenvalue weighted by molar-refractivity contribution is 5.98. The second kappa shape index (κ2) is 7.47. The average molecular weight is 274 g/mol. The van der Waals surface area contributed by atoms with Crippen molar-refractivity contribution in [2.75, 3.05) is 6.61 Å². The van der Waals surface area contributed by atoms with E-state index in [9.17, 15) is 4.79 Å². The molecule has 2 heteroatoms. The first-order valence-electron chi connectivity index (χ1n) is 8.01. The predicted molar refractivity (Wildman–Crippen MR) is 82.3 cm³/mol. The normalized spacial score (nSPS) is 22.5. The Bertz CT molecular complexity index is 431. The number of carbonyl (C=O) groups excluding carboxylic acids is 1. The topological polar surface area (TPSA) is 26.3 Å². The summed E-state index contributed by atoms with van der Waals surface area (Å²) in [7, 11) is 0. The van der Waals surface area contributed by atoms with Crippen LogP contribution in [0.3, 0.4) is 0 Å². The van der Waals surface area contributed by atoms with E-state index < -0.39 is 0 Å². The van der Waals surface area contributed by atoms with Crippen molar-refractivity contribution in [3.63, 3.8) is 0 Å². The second-order valence-electron chi connectivity index (χ2n) is 5.87. The summed E-state index contributed by atoms with van der Waals surface area (Å²) in [6.45, 7) is 5.04. The molecule has 2 rings (SSSR count). The zero-order valence-electron chi connectivity index (χ0n) is 12.7. The van der Waals surface area contributed by atoms with Gasteiger partial charge in [-0.25, -0.2) is 0 Å². The maximum atomic E-state index is 12.6. The van der Waals surface area contributed by atoms with Crippen molar-refractivity contribution in [2.24, 2.45) is 11.8 Å². The SMILES string of the molecule is CCCOc1cccc(C(=O)C2CCC(CC)CC2)c1. The summed E-state index contributed by atoms with van der Waals surface area (Å²) in [5.41, 5.74) is 0.818. The Morgan fingerprint density at radius 2 is 1.95 bits per heavy atom. The summed E-state index contributed by atoms with van der Waals surface area (Å²) in [5.74, 6) is 2.18. The van der Waals surface area contributed by atoms with Gasteiger partial charge in [0.1, 0.15) is 5.75 Å². The Balaban J connectivity index is 1.98. The van der Waals surface area contributed by atoms with Gasteiger partial charge in [0.2, 0.25) is 0 Å². The molecule has 0 atom stereocenters. The van der Waals surface area contributed by atoms with Crippen LogP contribution in [0.1, 0.15) is 62.7 Å². The van der Waals surface area contributed by atoms with Gasteiger partial charge in [0.05, 0.1) is 6.61 Å². The number of carbonyl (C=O) groups is 1. The predicted octanol–water partition coefficient (Wildman–Crippen LogP) is 4.87. The molecule has 1 aromatic carbocycles. The third-order valence-corrected chi connectivity index (χ3v) is 4.39. The Labute approximate surface area is 122 Å². The minimum Gasteiger partial charge on any atom is -0.494 e. The van der Waals surface area contributed by atoms with Crippen LogP contribution in [-0.2, 0) is 0 Å². The quantitative estimate of drug-likeness (QED) is 0.691. The van der Waals surface area contributed by atoms with Crippen LogP contribution in [0.2, 0.25) is 0 Å². The van der Waals surface area contributed by atoms with E-state index in [2.05, 4.69) is 13.8 Å². The number of ether oxygens (including phenoxy) is 1. The van der Waals surface area contributed by atoms with Crippen molar-refractivity contribution in [2.45, 2.75) is 52.4 Å². The molecule has 2 nitrogen and oxygen atoms in total. The molecule has 0 heterocycles. The molecule has 0 saturated heterocycles. The van der Waals surface area contributed by atoms with Gasteiger partial charge in [-0.3, -0.25) is 4.79 Å². The molecular weight excluding hydrogens is 248 g/mol. The first-order chi connectivity index (χ1) is 9.74. The van der Waals surface area contributed by atoms with E-state index in [0.717, 1.165) is 36.5 Å². The van der Waals surface area contributed by atoms with Crippen molar-refractivity contribution >= 4 is 5.78 Å². The van der Waals surface area contributed by atoms with Crippen molar-refractivity contribution in [3.8, 4) is 5.75 Å². The molecule has 0 spiro atoms. The minimum absolute atomic E-state index is 0.222. The molecule has 1 aliphatic carbocycles. The monoisotopic (exact) mass is 274 g/mol. The van der Waals surface area contributed by atoms with E-state index in [1.165, 1.54) is 19.3 Å². The van der Waals surface area contributed by atoms with Crippen LogP contribution in [0.25, 0.3) is 0 Å². The maximum absolute atomic E-state index is 12.6. The molecule has 1 aliphatic rings. The van der Waals surface area contributed by atoms with Crippen LogP contribution in [0.4, 0.5) is 0 Å². The maximum Gasteiger partial charge on any atom is 0.166 e. The molecule has 20 heavy (non-hydrogen) atoms. The molecule has 110 valence electrons. The molecule has 0 radical (unpaired) electrons. The summed E-state index contributed by atoms with van der Waals surface area (Å²) in [6.07, 6.45) is 6.76. The Morgan fingerprint density at radius 1 is 1.20 bits per heavy atom. The number of Topliss-reactive ketones (excluding diaryl/α,β-unsaturated/α-hetero) is 1. The molecule has 0 amide bonds. The third-order valence-electron chi connectivity index (χ3n) is 4.39. The van der Waals surface area contributed by atoms with E-state index in [1.54, 1.807) is 0 Å². The number of benzene rings is 1. The highest BCUT2D eigenvalue weighted by Crippen LogP contribution is 2.33. The standard InChI is InChI=1S/C18H26O2/c1-3-12-20-17-7-5-6-16(13-17)18(19)15-10-8-14(4-2)9-11-15/h5-7,13-15H,3-4,8-12H2,1-2H3. The van der Waals surface area contributed by atoms with Gasteiger partial charge in [0.25, 0.3) is 0 Å². The van der Waals surface area contributed by atoms with Gasteiger partial charge in [0, 0.05) is 11.5 Å². The lowest BCUT2D eigenvalue weighted by atomic mass is 9.78. The van der Waals surface area contributed by atoms with Crippen molar-refractivity contribution < 1.29 is 9.53 Å². The van der Waals surface area contributed by atoms with E-state index in [0.29, 0.717) is 12.4 Å². The molecule has 0 N–H and O–H groups in total. The van der Waals surface area contributed by atoms with Gasteiger partial charge in [-0.1, -0.05) is 32.4 Å². The highest BCUT2D eigenvalue weighted by Gasteiger charge is 2.26. The van der Waals surface area contributed by atoms with Gasteiger partial charge < -0.3 is 4.74 Å². The summed E-state index contributed by atoms with van der Waals surface area (Å²) < 4.78 is 5.62. The van der Waals surface area contributed by atoms with Gasteiger partial charge in [-0.15, -0.1) is 0 Å². The fraction of sp³-hybridized carbons (Fsp3) is 0.611. The largest absolute Gasteiger partial charge is 0.494 e. The lowest BCUT2D eigenvalue weighted by molar-refractivity contribution is 0.0870. The molecule has 1 saturated carbocycles. The number of hydrogen-bond acceptors (Lipinski definition) is 2. The van der Waals surface area contributed by atoms with Gasteiger partial charge >= 0.3 is 0 Å². The van der Waals surface area contributed by atoms with E-state index in [-0.39, 0.29) is 5.92 Å². The third kappa shape index (κ3) is 3.84. The second-order valence-corrected chi connectivity index (χ2v) is 5.87. The van der Waals surface area contributed by atoms with Gasteiger partial charge in [-0.05, 0) is 50.2 Å². The fourth-order valence-corrected chi connectivity index (χ4v) is 3.03. The molecule has 1 fully saturated rings. The minimum atomic E-state index is 0.222. The molecule has 0 aliphatic heterocycles. The molecular formula is C18H26O2. The van der Waals surface area contributed by atoms with Crippen LogP contribution in [0, 0.1) is 11.8 Å². The lowest BCUT2D eigenvalue weighted by Crippen LogP contribution is -2.21. The molecule has 0 unspecified atom stereocenters. The van der Waals surface area contributed by atoms with E-state index >= 15 is 0 Å². The van der Waals surface area contributed by atoms with Crippen LogP contribution in [0.15, 0.2) is 24.3 Å². The van der Waals surface area contributed by atoms with Crippen molar-refractivity contribution in [1.29, 1.82) is 0 Å². The summed E-state index contributed by atoms with van der Waals surface area (Å²) in [4.78, 5) is 12.6. The van der Waals surface area contributed by atoms with Crippen LogP contribution in [0.5, 0.6) is 5.75 Å². The first kappa shape index (κ1) is 15.1. The molecule has 0 bridgehead atoms. The number of hydrogen-bond donors (Lipinski definition) is 0. The van der Waals surface area contributed by atoms with Crippen molar-refractivity contribution in [1.82, 2.24) is 0 Å². The zero-order chi connectivity index (χ0) is 14.4. The van der Waals surface area contributed by atoms with Gasteiger partial charge in [-0.2, -0.15) is 0 Å². The smallest absolute Gasteiger partial charge is 0.166 e. The average Bonchev–Trinajstić information content (AvgIpc) is 2.52. The van der Waals surface area contributed by atoms with Gasteiger partial charge in [0.15, 0.2) is 5.78 Å². The Kier molecular flexibility index (Phi) is 5.63. The van der Waals surface area contributed by atoms with E-state index in [1.807, 2.05) is 24.3 Å². The van der Waals surface area contributed by atoms with Crippen LogP contribution in [-0.4, -0.2) is 12.4 Å². The number of rotatable bonds is 6. The Hall–Kier alpha value is -1.31. The molecule has 0 aromatic heterocycles. The Morgan fingerprint density at radius 3 is 2.60 bits per heavy atom. The van der Waals surface area contributed by atoms with Crippen LogP contribution >= 0.6 is 0 Å². The lowest BCUT2D eigenvalue weighted by Gasteiger charge is -2.26. The summed E-state index contributed by atoms with van der Waals surface area (Å²) in [5, 5.41) is 0. The summed E-state index contributed by atoms with van der Waals surface area (Å²) in [6, 6.07) is 7.69. The molecule has 1 aromatic rings. The number of ketones is 1. The fourth-order valence-electron chi connectivity index (χ4n) is 3.03. The van der Waals surface area contributed by atoms with Crippen LogP contribution < -0.4 is 4.74 Å². The summed E-state index contributed by atoms with van der Waals surface area (Å²) >= 11 is 0. The first-order valence-corrected chi connectivity index (χ1v) is 8.01.